The molecule has 114 valence electrons. The van der Waals surface area contributed by atoms with Crippen LogP contribution in [0.15, 0.2) is 28.7 Å². The molecule has 7 heteroatoms. The SMILES string of the molecule is O=C(CCOc1ccc(Br)cc1)NC1(C(=O)O)CCOC1. The predicted octanol–water partition coefficient (Wildman–Crippen LogP) is 1.58. The molecule has 2 N–H and O–H groups in total. The second-order valence-corrected chi connectivity index (χ2v) is 5.71. The van der Waals surface area contributed by atoms with E-state index in [0.29, 0.717) is 12.4 Å². The van der Waals surface area contributed by atoms with Gasteiger partial charge in [0, 0.05) is 17.5 Å². The van der Waals surface area contributed by atoms with Gasteiger partial charge in [-0.3, -0.25) is 4.79 Å². The number of carbonyl (C=O) groups excluding carboxylic acids is 1. The van der Waals surface area contributed by atoms with Crippen molar-refractivity contribution in [2.45, 2.75) is 18.4 Å². The number of carboxylic acid groups (broad SMARTS) is 1. The average molecular weight is 358 g/mol. The van der Waals surface area contributed by atoms with Crippen molar-refractivity contribution >= 4 is 27.8 Å². The van der Waals surface area contributed by atoms with Crippen molar-refractivity contribution in [2.24, 2.45) is 0 Å². The first-order chi connectivity index (χ1) is 10.0. The Labute approximate surface area is 130 Å². The van der Waals surface area contributed by atoms with Crippen molar-refractivity contribution in [3.8, 4) is 5.75 Å². The molecular weight excluding hydrogens is 342 g/mol. The lowest BCUT2D eigenvalue weighted by atomic mass is 9.99. The van der Waals surface area contributed by atoms with E-state index in [-0.39, 0.29) is 32.0 Å². The van der Waals surface area contributed by atoms with Crippen LogP contribution in [0.1, 0.15) is 12.8 Å². The van der Waals surface area contributed by atoms with E-state index in [1.165, 1.54) is 0 Å². The molecule has 1 heterocycles. The number of hydrogen-bond acceptors (Lipinski definition) is 4. The number of carbonyl (C=O) groups is 2. The predicted molar refractivity (Wildman–Crippen MR) is 78.2 cm³/mol. The third kappa shape index (κ3) is 4.18. The number of hydrogen-bond donors (Lipinski definition) is 2. The summed E-state index contributed by atoms with van der Waals surface area (Å²) >= 11 is 3.32. The molecule has 1 amide bonds. The fraction of sp³-hybridized carbons (Fsp3) is 0.429. The minimum atomic E-state index is -1.30. The Balaban J connectivity index is 1.79. The van der Waals surface area contributed by atoms with Crippen LogP contribution >= 0.6 is 15.9 Å². The van der Waals surface area contributed by atoms with Gasteiger partial charge in [0.2, 0.25) is 5.91 Å². The minimum absolute atomic E-state index is 0.00163. The largest absolute Gasteiger partial charge is 0.493 e. The Morgan fingerprint density at radius 2 is 2.10 bits per heavy atom. The molecule has 1 aliphatic rings. The second-order valence-electron chi connectivity index (χ2n) is 4.79. The molecule has 1 unspecified atom stereocenters. The van der Waals surface area contributed by atoms with E-state index in [1.807, 2.05) is 12.1 Å². The molecule has 1 aromatic rings. The zero-order chi connectivity index (χ0) is 15.3. The van der Waals surface area contributed by atoms with Crippen molar-refractivity contribution in [1.82, 2.24) is 5.32 Å². The molecular formula is C14H16BrNO5. The van der Waals surface area contributed by atoms with Gasteiger partial charge in [0.05, 0.1) is 19.6 Å². The summed E-state index contributed by atoms with van der Waals surface area (Å²) in [6.07, 6.45) is 0.368. The Bertz CT molecular complexity index is 511. The Hall–Kier alpha value is -1.60. The van der Waals surface area contributed by atoms with Crippen LogP contribution in [0.25, 0.3) is 0 Å². The van der Waals surface area contributed by atoms with Gasteiger partial charge in [0.25, 0.3) is 0 Å². The zero-order valence-electron chi connectivity index (χ0n) is 11.3. The van der Waals surface area contributed by atoms with E-state index in [4.69, 9.17) is 9.47 Å². The highest BCUT2D eigenvalue weighted by molar-refractivity contribution is 9.10. The number of amides is 1. The van der Waals surface area contributed by atoms with Gasteiger partial charge >= 0.3 is 5.97 Å². The van der Waals surface area contributed by atoms with Crippen molar-refractivity contribution in [3.63, 3.8) is 0 Å². The number of rotatable bonds is 6. The smallest absolute Gasteiger partial charge is 0.331 e. The first kappa shape index (κ1) is 15.8. The summed E-state index contributed by atoms with van der Waals surface area (Å²) in [6.45, 7) is 0.521. The summed E-state index contributed by atoms with van der Waals surface area (Å²) in [5.74, 6) is -0.773. The van der Waals surface area contributed by atoms with Crippen LogP contribution in [0.2, 0.25) is 0 Å². The van der Waals surface area contributed by atoms with E-state index < -0.39 is 11.5 Å². The quantitative estimate of drug-likeness (QED) is 0.807. The molecule has 1 aromatic carbocycles. The fourth-order valence-electron chi connectivity index (χ4n) is 2.01. The van der Waals surface area contributed by atoms with Crippen molar-refractivity contribution < 1.29 is 24.2 Å². The van der Waals surface area contributed by atoms with Crippen LogP contribution in [0.3, 0.4) is 0 Å². The van der Waals surface area contributed by atoms with Gasteiger partial charge < -0.3 is 19.9 Å². The maximum Gasteiger partial charge on any atom is 0.331 e. The zero-order valence-corrected chi connectivity index (χ0v) is 12.9. The Kier molecular flexibility index (Phi) is 5.19. The Morgan fingerprint density at radius 1 is 1.38 bits per heavy atom. The maximum absolute atomic E-state index is 11.8. The lowest BCUT2D eigenvalue weighted by molar-refractivity contribution is -0.147. The summed E-state index contributed by atoms with van der Waals surface area (Å²) in [5, 5.41) is 11.7. The molecule has 6 nitrogen and oxygen atoms in total. The second kappa shape index (κ2) is 6.91. The van der Waals surface area contributed by atoms with Gasteiger partial charge in [-0.05, 0) is 24.3 Å². The first-order valence-corrected chi connectivity index (χ1v) is 7.32. The van der Waals surface area contributed by atoms with E-state index in [9.17, 15) is 14.7 Å². The molecule has 1 atom stereocenters. The molecule has 0 aliphatic carbocycles. The molecule has 0 spiro atoms. The van der Waals surface area contributed by atoms with Crippen LogP contribution < -0.4 is 10.1 Å². The van der Waals surface area contributed by atoms with Crippen LogP contribution in [0.4, 0.5) is 0 Å². The highest BCUT2D eigenvalue weighted by Gasteiger charge is 2.43. The van der Waals surface area contributed by atoms with Crippen molar-refractivity contribution in [3.05, 3.63) is 28.7 Å². The topological polar surface area (TPSA) is 84.9 Å². The number of nitrogens with one attached hydrogen (secondary N) is 1. The van der Waals surface area contributed by atoms with Gasteiger partial charge in [0.1, 0.15) is 5.75 Å². The van der Waals surface area contributed by atoms with Crippen LogP contribution in [-0.2, 0) is 14.3 Å². The number of carboxylic acids is 1. The molecule has 21 heavy (non-hydrogen) atoms. The van der Waals surface area contributed by atoms with Gasteiger partial charge in [-0.2, -0.15) is 0 Å². The minimum Gasteiger partial charge on any atom is -0.493 e. The number of aliphatic carboxylic acids is 1. The summed E-state index contributed by atoms with van der Waals surface area (Å²) in [4.78, 5) is 23.1. The van der Waals surface area contributed by atoms with E-state index in [0.717, 1.165) is 4.47 Å². The summed E-state index contributed by atoms with van der Waals surface area (Å²) in [6, 6.07) is 7.24. The van der Waals surface area contributed by atoms with Gasteiger partial charge in [-0.25, -0.2) is 4.79 Å². The average Bonchev–Trinajstić information content (AvgIpc) is 2.91. The van der Waals surface area contributed by atoms with Crippen molar-refractivity contribution in [2.75, 3.05) is 19.8 Å². The highest BCUT2D eigenvalue weighted by Crippen LogP contribution is 2.19. The number of benzene rings is 1. The molecule has 1 saturated heterocycles. The first-order valence-electron chi connectivity index (χ1n) is 6.52. The van der Waals surface area contributed by atoms with Crippen molar-refractivity contribution in [1.29, 1.82) is 0 Å². The molecule has 1 fully saturated rings. The van der Waals surface area contributed by atoms with Gasteiger partial charge in [-0.1, -0.05) is 15.9 Å². The van der Waals surface area contributed by atoms with Crippen LogP contribution in [0, 0.1) is 0 Å². The monoisotopic (exact) mass is 357 g/mol. The maximum atomic E-state index is 11.8. The van der Waals surface area contributed by atoms with Crippen LogP contribution in [-0.4, -0.2) is 42.3 Å². The highest BCUT2D eigenvalue weighted by atomic mass is 79.9. The van der Waals surface area contributed by atoms with Gasteiger partial charge in [-0.15, -0.1) is 0 Å². The fourth-order valence-corrected chi connectivity index (χ4v) is 2.27. The molecule has 0 radical (unpaired) electrons. The summed E-state index contributed by atoms with van der Waals surface area (Å²) in [5.41, 5.74) is -1.30. The number of ether oxygens (including phenoxy) is 2. The van der Waals surface area contributed by atoms with E-state index >= 15 is 0 Å². The molecule has 0 bridgehead atoms. The van der Waals surface area contributed by atoms with Gasteiger partial charge in [0.15, 0.2) is 5.54 Å². The van der Waals surface area contributed by atoms with E-state index in [2.05, 4.69) is 21.2 Å². The molecule has 2 rings (SSSR count). The van der Waals surface area contributed by atoms with E-state index in [1.54, 1.807) is 12.1 Å². The summed E-state index contributed by atoms with van der Waals surface area (Å²) in [7, 11) is 0. The normalized spacial score (nSPS) is 21.0. The lowest BCUT2D eigenvalue weighted by Gasteiger charge is -2.23. The molecule has 0 saturated carbocycles. The lowest BCUT2D eigenvalue weighted by Crippen LogP contribution is -2.55. The third-order valence-corrected chi connectivity index (χ3v) is 3.75. The standard InChI is InChI=1S/C14H16BrNO5/c15-10-1-3-11(4-2-10)21-7-5-12(17)16-14(13(18)19)6-8-20-9-14/h1-4H,5-9H2,(H,16,17)(H,18,19). The molecule has 1 aliphatic heterocycles. The van der Waals surface area contributed by atoms with Crippen LogP contribution in [0.5, 0.6) is 5.75 Å². The number of halogens is 1. The molecule has 0 aromatic heterocycles. The summed E-state index contributed by atoms with van der Waals surface area (Å²) < 4.78 is 11.4. The Morgan fingerprint density at radius 3 is 2.67 bits per heavy atom. The third-order valence-electron chi connectivity index (χ3n) is 3.22.